The van der Waals surface area contributed by atoms with Crippen LogP contribution in [0.1, 0.15) is 18.4 Å². The monoisotopic (exact) mass is 343 g/mol. The van der Waals surface area contributed by atoms with Crippen molar-refractivity contribution in [2.75, 3.05) is 18.0 Å². The Kier molecular flexibility index (Phi) is 5.20. The lowest BCUT2D eigenvalue weighted by Gasteiger charge is -2.34. The lowest BCUT2D eigenvalue weighted by Crippen LogP contribution is -2.34. The van der Waals surface area contributed by atoms with Crippen molar-refractivity contribution in [2.24, 2.45) is 5.92 Å². The average molecular weight is 343 g/mol. The molecule has 1 fully saturated rings. The molecule has 0 spiro atoms. The molecule has 0 amide bonds. The predicted molar refractivity (Wildman–Crippen MR) is 108 cm³/mol. The van der Waals surface area contributed by atoms with Crippen LogP contribution in [0.15, 0.2) is 84.9 Å². The van der Waals surface area contributed by atoms with E-state index in [1.54, 1.807) is 0 Å². The van der Waals surface area contributed by atoms with Crippen molar-refractivity contribution in [3.05, 3.63) is 90.5 Å². The molecule has 1 aliphatic heterocycles. The van der Waals surface area contributed by atoms with E-state index in [1.807, 2.05) is 36.4 Å². The molecule has 0 atom stereocenters. The third-order valence-electron chi connectivity index (χ3n) is 5.14. The number of piperidine rings is 1. The summed E-state index contributed by atoms with van der Waals surface area (Å²) >= 11 is 0. The highest BCUT2D eigenvalue weighted by molar-refractivity contribution is 5.51. The molecular weight excluding hydrogens is 318 g/mol. The summed E-state index contributed by atoms with van der Waals surface area (Å²) in [4.78, 5) is 2.49. The zero-order chi connectivity index (χ0) is 17.6. The van der Waals surface area contributed by atoms with Gasteiger partial charge < -0.3 is 9.64 Å². The molecule has 0 saturated carbocycles. The zero-order valence-corrected chi connectivity index (χ0v) is 15.1. The van der Waals surface area contributed by atoms with Crippen molar-refractivity contribution in [3.8, 4) is 11.5 Å². The minimum Gasteiger partial charge on any atom is -0.457 e. The molecule has 2 nitrogen and oxygen atoms in total. The normalized spacial score (nSPS) is 15.0. The van der Waals surface area contributed by atoms with Gasteiger partial charge in [0.25, 0.3) is 0 Å². The van der Waals surface area contributed by atoms with Crippen LogP contribution >= 0.6 is 0 Å². The molecule has 3 aromatic rings. The quantitative estimate of drug-likeness (QED) is 0.568. The lowest BCUT2D eigenvalue weighted by molar-refractivity contribution is 0.403. The average Bonchev–Trinajstić information content (AvgIpc) is 2.70. The largest absolute Gasteiger partial charge is 0.457 e. The fourth-order valence-corrected chi connectivity index (χ4v) is 3.71. The minimum atomic E-state index is 0.789. The Hall–Kier alpha value is -2.74. The Balaban J connectivity index is 1.36. The number of nitrogens with zero attached hydrogens (tertiary/aromatic N) is 1. The van der Waals surface area contributed by atoms with Crippen LogP contribution < -0.4 is 9.64 Å². The molecule has 0 N–H and O–H groups in total. The number of para-hydroxylation sites is 1. The van der Waals surface area contributed by atoms with Gasteiger partial charge in [-0.15, -0.1) is 0 Å². The van der Waals surface area contributed by atoms with E-state index in [2.05, 4.69) is 53.4 Å². The van der Waals surface area contributed by atoms with Crippen molar-refractivity contribution >= 4 is 5.69 Å². The Labute approximate surface area is 156 Å². The van der Waals surface area contributed by atoms with Crippen LogP contribution in [-0.4, -0.2) is 13.1 Å². The van der Waals surface area contributed by atoms with Gasteiger partial charge in [0.2, 0.25) is 0 Å². The number of benzene rings is 3. The number of rotatable bonds is 5. The first kappa shape index (κ1) is 16.7. The molecule has 3 aromatic carbocycles. The van der Waals surface area contributed by atoms with Gasteiger partial charge in [-0.1, -0.05) is 54.6 Å². The molecule has 0 unspecified atom stereocenters. The second-order valence-electron chi connectivity index (χ2n) is 7.03. The molecule has 0 bridgehead atoms. The van der Waals surface area contributed by atoms with Crippen molar-refractivity contribution in [1.29, 1.82) is 0 Å². The number of hydrogen-bond donors (Lipinski definition) is 0. The second-order valence-corrected chi connectivity index (χ2v) is 7.03. The van der Waals surface area contributed by atoms with Gasteiger partial charge in [0.15, 0.2) is 0 Å². The van der Waals surface area contributed by atoms with Crippen molar-refractivity contribution in [2.45, 2.75) is 19.3 Å². The molecule has 1 aliphatic rings. The number of hydrogen-bond acceptors (Lipinski definition) is 2. The summed E-state index contributed by atoms with van der Waals surface area (Å²) in [5.74, 6) is 2.57. The molecule has 1 saturated heterocycles. The highest BCUT2D eigenvalue weighted by atomic mass is 16.5. The van der Waals surface area contributed by atoms with E-state index >= 15 is 0 Å². The molecule has 132 valence electrons. The smallest absolute Gasteiger partial charge is 0.129 e. The lowest BCUT2D eigenvalue weighted by atomic mass is 9.90. The third kappa shape index (κ3) is 4.26. The van der Waals surface area contributed by atoms with Crippen LogP contribution in [0.5, 0.6) is 11.5 Å². The van der Waals surface area contributed by atoms with E-state index in [4.69, 9.17) is 4.74 Å². The van der Waals surface area contributed by atoms with Crippen molar-refractivity contribution < 1.29 is 4.74 Å². The van der Waals surface area contributed by atoms with E-state index in [9.17, 15) is 0 Å². The second kappa shape index (κ2) is 8.09. The third-order valence-corrected chi connectivity index (χ3v) is 5.14. The fourth-order valence-electron chi connectivity index (χ4n) is 3.71. The number of anilines is 1. The van der Waals surface area contributed by atoms with Crippen LogP contribution in [0.3, 0.4) is 0 Å². The first-order chi connectivity index (χ1) is 12.9. The van der Waals surface area contributed by atoms with E-state index in [1.165, 1.54) is 30.5 Å². The molecule has 26 heavy (non-hydrogen) atoms. The van der Waals surface area contributed by atoms with Gasteiger partial charge in [-0.2, -0.15) is 0 Å². The summed E-state index contributed by atoms with van der Waals surface area (Å²) in [7, 11) is 0. The van der Waals surface area contributed by atoms with Gasteiger partial charge in [-0.25, -0.2) is 0 Å². The highest BCUT2D eigenvalue weighted by Crippen LogP contribution is 2.29. The van der Waals surface area contributed by atoms with Gasteiger partial charge in [0, 0.05) is 24.8 Å². The van der Waals surface area contributed by atoms with E-state index < -0.39 is 0 Å². The van der Waals surface area contributed by atoms with Crippen LogP contribution in [0.4, 0.5) is 5.69 Å². The van der Waals surface area contributed by atoms with Crippen LogP contribution in [0.2, 0.25) is 0 Å². The summed E-state index contributed by atoms with van der Waals surface area (Å²) in [5.41, 5.74) is 2.72. The van der Waals surface area contributed by atoms with Gasteiger partial charge in [0.05, 0.1) is 0 Å². The SMILES string of the molecule is c1ccc(CC2CCN(c3cccc(Oc4ccccc4)c3)CC2)cc1. The summed E-state index contributed by atoms with van der Waals surface area (Å²) in [5, 5.41) is 0. The Morgan fingerprint density at radius 1 is 0.731 bits per heavy atom. The van der Waals surface area contributed by atoms with E-state index in [-0.39, 0.29) is 0 Å². The Morgan fingerprint density at radius 3 is 2.12 bits per heavy atom. The molecular formula is C24H25NO. The molecule has 0 aromatic heterocycles. The molecule has 1 heterocycles. The van der Waals surface area contributed by atoms with E-state index in [0.717, 1.165) is 30.5 Å². The first-order valence-corrected chi connectivity index (χ1v) is 9.49. The molecule has 0 radical (unpaired) electrons. The summed E-state index contributed by atoms with van der Waals surface area (Å²) in [6.45, 7) is 2.23. The first-order valence-electron chi connectivity index (χ1n) is 9.49. The standard InChI is InChI=1S/C24H25NO/c1-3-8-20(9-4-1)18-21-14-16-25(17-15-21)22-10-7-13-24(19-22)26-23-11-5-2-6-12-23/h1-13,19,21H,14-18H2. The Bertz CT molecular complexity index is 808. The van der Waals surface area contributed by atoms with Gasteiger partial charge >= 0.3 is 0 Å². The van der Waals surface area contributed by atoms with E-state index in [0.29, 0.717) is 0 Å². The topological polar surface area (TPSA) is 12.5 Å². The highest BCUT2D eigenvalue weighted by Gasteiger charge is 2.20. The van der Waals surface area contributed by atoms with Crippen LogP contribution in [0, 0.1) is 5.92 Å². The van der Waals surface area contributed by atoms with Crippen LogP contribution in [0.25, 0.3) is 0 Å². The van der Waals surface area contributed by atoms with Crippen LogP contribution in [-0.2, 0) is 6.42 Å². The summed E-state index contributed by atoms with van der Waals surface area (Å²) in [6, 6.07) is 29.3. The molecule has 4 rings (SSSR count). The minimum absolute atomic E-state index is 0.789. The molecule has 2 heteroatoms. The zero-order valence-electron chi connectivity index (χ0n) is 15.1. The molecule has 0 aliphatic carbocycles. The predicted octanol–water partition coefficient (Wildman–Crippen LogP) is 5.94. The number of ether oxygens (including phenoxy) is 1. The Morgan fingerprint density at radius 2 is 1.38 bits per heavy atom. The van der Waals surface area contributed by atoms with Gasteiger partial charge in [-0.05, 0) is 55.0 Å². The fraction of sp³-hybridized carbons (Fsp3) is 0.250. The maximum atomic E-state index is 5.98. The van der Waals surface area contributed by atoms with Gasteiger partial charge in [-0.3, -0.25) is 0 Å². The van der Waals surface area contributed by atoms with Crippen molar-refractivity contribution in [3.63, 3.8) is 0 Å². The van der Waals surface area contributed by atoms with Crippen molar-refractivity contribution in [1.82, 2.24) is 0 Å². The van der Waals surface area contributed by atoms with Gasteiger partial charge in [0.1, 0.15) is 11.5 Å². The maximum absolute atomic E-state index is 5.98. The maximum Gasteiger partial charge on any atom is 0.129 e. The summed E-state index contributed by atoms with van der Waals surface area (Å²) < 4.78 is 5.98. The summed E-state index contributed by atoms with van der Waals surface area (Å²) in [6.07, 6.45) is 3.70.